The fourth-order valence-electron chi connectivity index (χ4n) is 1.76. The van der Waals surface area contributed by atoms with Gasteiger partial charge in [0.2, 0.25) is 0 Å². The van der Waals surface area contributed by atoms with Crippen molar-refractivity contribution in [3.05, 3.63) is 35.4 Å². The van der Waals surface area contributed by atoms with Crippen LogP contribution in [0.3, 0.4) is 0 Å². The molecular formula is C14H18O2. The molecule has 2 nitrogen and oxygen atoms in total. The van der Waals surface area contributed by atoms with E-state index in [4.69, 9.17) is 4.74 Å². The Hall–Kier alpha value is -1.15. The molecule has 1 saturated carbocycles. The first kappa shape index (κ1) is 11.3. The van der Waals surface area contributed by atoms with Crippen LogP contribution in [0.4, 0.5) is 0 Å². The fraction of sp³-hybridized carbons (Fsp3) is 0.500. The molecule has 0 unspecified atom stereocenters. The van der Waals surface area contributed by atoms with Gasteiger partial charge < -0.3 is 9.53 Å². The number of hydrogen-bond acceptors (Lipinski definition) is 2. The molecule has 0 atom stereocenters. The number of carbonyl (C=O) groups excluding carboxylic acids is 1. The van der Waals surface area contributed by atoms with Gasteiger partial charge in [-0.3, -0.25) is 0 Å². The zero-order valence-corrected chi connectivity index (χ0v) is 9.52. The molecule has 1 aromatic rings. The van der Waals surface area contributed by atoms with Crippen LogP contribution < -0.4 is 0 Å². The summed E-state index contributed by atoms with van der Waals surface area (Å²) in [5, 5.41) is 0. The van der Waals surface area contributed by atoms with E-state index in [1.165, 1.54) is 24.0 Å². The molecule has 2 rings (SSSR count). The third-order valence-corrected chi connectivity index (χ3v) is 2.91. The molecule has 0 saturated heterocycles. The molecule has 0 spiro atoms. The van der Waals surface area contributed by atoms with Crippen LogP contribution in [-0.4, -0.2) is 12.9 Å². The molecule has 0 bridgehead atoms. The van der Waals surface area contributed by atoms with E-state index in [0.29, 0.717) is 19.6 Å². The Morgan fingerprint density at radius 2 is 2.00 bits per heavy atom. The predicted octanol–water partition coefficient (Wildman–Crippen LogP) is 3.06. The van der Waals surface area contributed by atoms with E-state index >= 15 is 0 Å². The molecule has 0 aromatic heterocycles. The van der Waals surface area contributed by atoms with Crippen molar-refractivity contribution in [3.63, 3.8) is 0 Å². The van der Waals surface area contributed by atoms with Crippen LogP contribution in [0.15, 0.2) is 24.3 Å². The fourth-order valence-corrected chi connectivity index (χ4v) is 1.76. The summed E-state index contributed by atoms with van der Waals surface area (Å²) in [5.41, 5.74) is 2.68. The van der Waals surface area contributed by atoms with E-state index in [2.05, 4.69) is 24.3 Å². The summed E-state index contributed by atoms with van der Waals surface area (Å²) < 4.78 is 5.48. The Bertz CT molecular complexity index is 325. The number of hydrogen-bond donors (Lipinski definition) is 0. The van der Waals surface area contributed by atoms with Gasteiger partial charge in [0, 0.05) is 13.0 Å². The largest absolute Gasteiger partial charge is 0.377 e. The molecule has 0 N–H and O–H groups in total. The monoisotopic (exact) mass is 218 g/mol. The van der Waals surface area contributed by atoms with Crippen molar-refractivity contribution in [2.24, 2.45) is 0 Å². The molecule has 2 heteroatoms. The van der Waals surface area contributed by atoms with Crippen LogP contribution in [0.2, 0.25) is 0 Å². The lowest BCUT2D eigenvalue weighted by Gasteiger charge is -2.04. The minimum absolute atomic E-state index is 0.598. The van der Waals surface area contributed by atoms with Crippen molar-refractivity contribution in [1.82, 2.24) is 0 Å². The molecule has 1 fully saturated rings. The van der Waals surface area contributed by atoms with Gasteiger partial charge in [0.05, 0.1) is 6.61 Å². The molecule has 0 aliphatic heterocycles. The van der Waals surface area contributed by atoms with E-state index in [-0.39, 0.29) is 0 Å². The van der Waals surface area contributed by atoms with Gasteiger partial charge in [-0.2, -0.15) is 0 Å². The maximum atomic E-state index is 10.1. The zero-order chi connectivity index (χ0) is 11.2. The molecule has 16 heavy (non-hydrogen) atoms. The third-order valence-electron chi connectivity index (χ3n) is 2.91. The standard InChI is InChI=1S/C14H18O2/c15-9-1-2-10-16-11-12-3-5-13(6-4-12)14-7-8-14/h3-6,9,14H,1-2,7-8,10-11H2. The minimum atomic E-state index is 0.598. The van der Waals surface area contributed by atoms with Crippen molar-refractivity contribution in [2.45, 2.75) is 38.2 Å². The van der Waals surface area contributed by atoms with E-state index in [9.17, 15) is 4.79 Å². The normalized spacial score (nSPS) is 15.0. The highest BCUT2D eigenvalue weighted by Gasteiger charge is 2.22. The number of aldehydes is 1. The average Bonchev–Trinajstić information content (AvgIpc) is 3.14. The molecule has 1 aliphatic carbocycles. The summed E-state index contributed by atoms with van der Waals surface area (Å²) in [6.45, 7) is 1.33. The van der Waals surface area contributed by atoms with E-state index in [0.717, 1.165) is 18.6 Å². The highest BCUT2D eigenvalue weighted by molar-refractivity contribution is 5.48. The van der Waals surface area contributed by atoms with Crippen LogP contribution in [0.25, 0.3) is 0 Å². The van der Waals surface area contributed by atoms with Gasteiger partial charge in [-0.1, -0.05) is 24.3 Å². The first-order valence-electron chi connectivity index (χ1n) is 6.00. The zero-order valence-electron chi connectivity index (χ0n) is 9.52. The summed E-state index contributed by atoms with van der Waals surface area (Å²) in [5.74, 6) is 0.822. The smallest absolute Gasteiger partial charge is 0.120 e. The van der Waals surface area contributed by atoms with Gasteiger partial charge in [-0.05, 0) is 36.3 Å². The number of rotatable bonds is 7. The van der Waals surface area contributed by atoms with Gasteiger partial charge in [0.15, 0.2) is 0 Å². The summed E-state index contributed by atoms with van der Waals surface area (Å²) >= 11 is 0. The quantitative estimate of drug-likeness (QED) is 0.519. The number of ether oxygens (including phenoxy) is 1. The van der Waals surface area contributed by atoms with Crippen molar-refractivity contribution >= 4 is 6.29 Å². The average molecular weight is 218 g/mol. The second-order valence-corrected chi connectivity index (χ2v) is 4.38. The van der Waals surface area contributed by atoms with Crippen molar-refractivity contribution < 1.29 is 9.53 Å². The summed E-state index contributed by atoms with van der Waals surface area (Å²) in [7, 11) is 0. The van der Waals surface area contributed by atoms with Crippen LogP contribution in [0, 0.1) is 0 Å². The second kappa shape index (κ2) is 5.80. The van der Waals surface area contributed by atoms with Crippen LogP contribution in [-0.2, 0) is 16.1 Å². The summed E-state index contributed by atoms with van der Waals surface area (Å²) in [6.07, 6.45) is 5.06. The highest BCUT2D eigenvalue weighted by Crippen LogP contribution is 2.39. The Labute approximate surface area is 96.6 Å². The summed E-state index contributed by atoms with van der Waals surface area (Å²) in [4.78, 5) is 10.1. The lowest BCUT2D eigenvalue weighted by molar-refractivity contribution is -0.108. The lowest BCUT2D eigenvalue weighted by Crippen LogP contribution is -1.96. The van der Waals surface area contributed by atoms with Gasteiger partial charge in [-0.25, -0.2) is 0 Å². The molecule has 1 aromatic carbocycles. The third kappa shape index (κ3) is 3.46. The highest BCUT2D eigenvalue weighted by atomic mass is 16.5. The van der Waals surface area contributed by atoms with E-state index in [1.54, 1.807) is 0 Å². The Morgan fingerprint density at radius 1 is 1.25 bits per heavy atom. The number of benzene rings is 1. The van der Waals surface area contributed by atoms with Gasteiger partial charge in [-0.15, -0.1) is 0 Å². The Balaban J connectivity index is 1.70. The maximum absolute atomic E-state index is 10.1. The SMILES string of the molecule is O=CCCCOCc1ccc(C2CC2)cc1. The lowest BCUT2D eigenvalue weighted by atomic mass is 10.1. The summed E-state index contributed by atoms with van der Waals surface area (Å²) in [6, 6.07) is 8.71. The maximum Gasteiger partial charge on any atom is 0.120 e. The van der Waals surface area contributed by atoms with Crippen molar-refractivity contribution in [3.8, 4) is 0 Å². The Kier molecular flexibility index (Phi) is 4.11. The Morgan fingerprint density at radius 3 is 2.62 bits per heavy atom. The van der Waals surface area contributed by atoms with Gasteiger partial charge in [0.25, 0.3) is 0 Å². The first-order valence-corrected chi connectivity index (χ1v) is 6.00. The van der Waals surface area contributed by atoms with Crippen LogP contribution in [0.5, 0.6) is 0 Å². The molecule has 1 aliphatic rings. The van der Waals surface area contributed by atoms with Gasteiger partial charge >= 0.3 is 0 Å². The van der Waals surface area contributed by atoms with Crippen LogP contribution >= 0.6 is 0 Å². The van der Waals surface area contributed by atoms with Crippen molar-refractivity contribution in [1.29, 1.82) is 0 Å². The topological polar surface area (TPSA) is 26.3 Å². The first-order chi connectivity index (χ1) is 7.90. The predicted molar refractivity (Wildman–Crippen MR) is 63.4 cm³/mol. The number of carbonyl (C=O) groups is 1. The molecule has 0 heterocycles. The molecule has 86 valence electrons. The van der Waals surface area contributed by atoms with Crippen LogP contribution in [0.1, 0.15) is 42.7 Å². The minimum Gasteiger partial charge on any atom is -0.377 e. The van der Waals surface area contributed by atoms with E-state index < -0.39 is 0 Å². The molecule has 0 radical (unpaired) electrons. The second-order valence-electron chi connectivity index (χ2n) is 4.38. The van der Waals surface area contributed by atoms with E-state index in [1.807, 2.05) is 0 Å². The molecular weight excluding hydrogens is 200 g/mol. The molecule has 0 amide bonds. The van der Waals surface area contributed by atoms with Crippen molar-refractivity contribution in [2.75, 3.05) is 6.61 Å². The van der Waals surface area contributed by atoms with Gasteiger partial charge in [0.1, 0.15) is 6.29 Å². The number of unbranched alkanes of at least 4 members (excludes halogenated alkanes) is 1.